The van der Waals surface area contributed by atoms with Crippen molar-refractivity contribution in [1.82, 2.24) is 4.90 Å². The minimum Gasteiger partial charge on any atom is -0.343 e. The van der Waals surface area contributed by atoms with Crippen molar-refractivity contribution in [3.8, 4) is 0 Å². The van der Waals surface area contributed by atoms with Crippen LogP contribution in [0, 0.1) is 23.7 Å². The van der Waals surface area contributed by atoms with Gasteiger partial charge in [0.15, 0.2) is 0 Å². The largest absolute Gasteiger partial charge is 0.343 e. The predicted octanol–water partition coefficient (Wildman–Crippen LogP) is 3.46. The van der Waals surface area contributed by atoms with Gasteiger partial charge in [-0.3, -0.25) is 4.79 Å². The Morgan fingerprint density at radius 2 is 1.72 bits per heavy atom. The maximum absolute atomic E-state index is 12.6. The summed E-state index contributed by atoms with van der Waals surface area (Å²) in [6, 6.07) is 0.535. The molecule has 3 unspecified atom stereocenters. The minimum atomic E-state index is 0.382. The van der Waals surface area contributed by atoms with Crippen LogP contribution in [0.1, 0.15) is 58.3 Å². The van der Waals surface area contributed by atoms with Crippen molar-refractivity contribution in [1.29, 1.82) is 0 Å². The van der Waals surface area contributed by atoms with Gasteiger partial charge in [-0.15, -0.1) is 0 Å². The third-order valence-electron chi connectivity index (χ3n) is 5.94. The average Bonchev–Trinajstić information content (AvgIpc) is 3.00. The Morgan fingerprint density at radius 3 is 2.28 bits per heavy atom. The molecule has 2 nitrogen and oxygen atoms in total. The molecule has 3 saturated carbocycles. The third-order valence-corrected chi connectivity index (χ3v) is 5.94. The molecule has 0 N–H and O–H groups in total. The van der Waals surface area contributed by atoms with E-state index in [0.717, 1.165) is 17.8 Å². The van der Waals surface area contributed by atoms with E-state index in [9.17, 15) is 4.79 Å². The predicted molar refractivity (Wildman–Crippen MR) is 73.1 cm³/mol. The molecule has 3 rings (SSSR count). The zero-order valence-electron chi connectivity index (χ0n) is 11.9. The molecular formula is C16H27NO. The molecule has 3 atom stereocenters. The van der Waals surface area contributed by atoms with E-state index in [4.69, 9.17) is 0 Å². The lowest BCUT2D eigenvalue weighted by Crippen LogP contribution is -2.43. The van der Waals surface area contributed by atoms with E-state index in [-0.39, 0.29) is 0 Å². The number of amides is 1. The van der Waals surface area contributed by atoms with Gasteiger partial charge in [0, 0.05) is 19.0 Å². The van der Waals surface area contributed by atoms with Gasteiger partial charge in [-0.1, -0.05) is 13.3 Å². The van der Waals surface area contributed by atoms with Crippen LogP contribution in [0.4, 0.5) is 0 Å². The van der Waals surface area contributed by atoms with Gasteiger partial charge in [0.25, 0.3) is 0 Å². The molecular weight excluding hydrogens is 222 g/mol. The lowest BCUT2D eigenvalue weighted by Gasteiger charge is -2.36. The maximum Gasteiger partial charge on any atom is 0.225 e. The highest BCUT2D eigenvalue weighted by Gasteiger charge is 2.44. The first-order valence-corrected chi connectivity index (χ1v) is 7.91. The fraction of sp³-hybridized carbons (Fsp3) is 0.938. The maximum atomic E-state index is 12.6. The van der Waals surface area contributed by atoms with Gasteiger partial charge in [-0.05, 0) is 62.7 Å². The molecule has 0 aromatic heterocycles. The third kappa shape index (κ3) is 2.19. The van der Waals surface area contributed by atoms with Crippen molar-refractivity contribution >= 4 is 5.91 Å². The average molecular weight is 249 g/mol. The van der Waals surface area contributed by atoms with Gasteiger partial charge in [0.05, 0.1) is 0 Å². The molecule has 0 radical (unpaired) electrons. The number of rotatable bonds is 2. The van der Waals surface area contributed by atoms with Crippen molar-refractivity contribution in [3.63, 3.8) is 0 Å². The van der Waals surface area contributed by atoms with Gasteiger partial charge < -0.3 is 4.90 Å². The van der Waals surface area contributed by atoms with E-state index in [1.54, 1.807) is 0 Å². The normalized spacial score (nSPS) is 43.1. The second-order valence-electron chi connectivity index (χ2n) is 7.14. The van der Waals surface area contributed by atoms with Crippen LogP contribution >= 0.6 is 0 Å². The van der Waals surface area contributed by atoms with Crippen LogP contribution in [0.2, 0.25) is 0 Å². The first kappa shape index (κ1) is 12.5. The quantitative estimate of drug-likeness (QED) is 0.734. The fourth-order valence-corrected chi connectivity index (χ4v) is 4.62. The number of fused-ring (bicyclic) bond motifs is 2. The second-order valence-corrected chi connectivity index (χ2v) is 7.14. The van der Waals surface area contributed by atoms with E-state index < -0.39 is 0 Å². The molecule has 102 valence electrons. The fourth-order valence-electron chi connectivity index (χ4n) is 4.62. The number of carbonyl (C=O) groups excluding carboxylic acids is 1. The van der Waals surface area contributed by atoms with Crippen molar-refractivity contribution < 1.29 is 4.79 Å². The standard InChI is InChI=1S/C16H27NO/c1-11-3-7-14(8-4-11)17(2)16(18)15-10-12-5-6-13(15)9-12/h11-15H,3-10H2,1-2H3. The van der Waals surface area contributed by atoms with E-state index in [0.29, 0.717) is 17.9 Å². The summed E-state index contributed by atoms with van der Waals surface area (Å²) in [4.78, 5) is 14.8. The van der Waals surface area contributed by atoms with Gasteiger partial charge in [0.2, 0.25) is 5.91 Å². The summed E-state index contributed by atoms with van der Waals surface area (Å²) in [6.45, 7) is 2.34. The van der Waals surface area contributed by atoms with E-state index >= 15 is 0 Å². The Kier molecular flexibility index (Phi) is 3.38. The lowest BCUT2D eigenvalue weighted by atomic mass is 9.84. The monoisotopic (exact) mass is 249 g/mol. The van der Waals surface area contributed by atoms with Crippen molar-refractivity contribution in [2.45, 2.75) is 64.3 Å². The molecule has 3 aliphatic carbocycles. The first-order chi connectivity index (χ1) is 8.65. The van der Waals surface area contributed by atoms with Crippen LogP contribution in [-0.4, -0.2) is 23.9 Å². The topological polar surface area (TPSA) is 20.3 Å². The SMILES string of the molecule is CC1CCC(N(C)C(=O)C2CC3CCC2C3)CC1. The summed E-state index contributed by atoms with van der Waals surface area (Å²) in [6.07, 6.45) is 10.3. The molecule has 1 amide bonds. The Labute approximate surface area is 111 Å². The van der Waals surface area contributed by atoms with Crippen LogP contribution < -0.4 is 0 Å². The van der Waals surface area contributed by atoms with E-state index in [2.05, 4.69) is 18.9 Å². The zero-order chi connectivity index (χ0) is 12.7. The second kappa shape index (κ2) is 4.86. The number of hydrogen-bond acceptors (Lipinski definition) is 1. The molecule has 3 fully saturated rings. The van der Waals surface area contributed by atoms with Crippen LogP contribution in [0.3, 0.4) is 0 Å². The smallest absolute Gasteiger partial charge is 0.225 e. The van der Waals surface area contributed by atoms with Crippen LogP contribution in [-0.2, 0) is 4.79 Å². The van der Waals surface area contributed by atoms with Crippen LogP contribution in [0.15, 0.2) is 0 Å². The molecule has 0 aliphatic heterocycles. The summed E-state index contributed by atoms with van der Waals surface area (Å²) in [5.41, 5.74) is 0. The molecule has 0 aromatic rings. The first-order valence-electron chi connectivity index (χ1n) is 7.91. The Morgan fingerprint density at radius 1 is 1.00 bits per heavy atom. The van der Waals surface area contributed by atoms with Gasteiger partial charge in [0.1, 0.15) is 0 Å². The van der Waals surface area contributed by atoms with Crippen molar-refractivity contribution in [2.24, 2.45) is 23.7 Å². The summed E-state index contributed by atoms with van der Waals surface area (Å²) < 4.78 is 0. The van der Waals surface area contributed by atoms with Crippen LogP contribution in [0.25, 0.3) is 0 Å². The molecule has 18 heavy (non-hydrogen) atoms. The summed E-state index contributed by atoms with van der Waals surface area (Å²) in [5, 5.41) is 0. The highest BCUT2D eigenvalue weighted by atomic mass is 16.2. The lowest BCUT2D eigenvalue weighted by molar-refractivity contribution is -0.138. The number of nitrogens with zero attached hydrogens (tertiary/aromatic N) is 1. The molecule has 0 saturated heterocycles. The van der Waals surface area contributed by atoms with Crippen molar-refractivity contribution in [2.75, 3.05) is 7.05 Å². The van der Waals surface area contributed by atoms with E-state index in [1.165, 1.54) is 51.4 Å². The summed E-state index contributed by atoms with van der Waals surface area (Å²) in [5.74, 6) is 3.33. The molecule has 0 heterocycles. The zero-order valence-corrected chi connectivity index (χ0v) is 11.9. The molecule has 0 aromatic carbocycles. The van der Waals surface area contributed by atoms with Gasteiger partial charge in [-0.25, -0.2) is 0 Å². The van der Waals surface area contributed by atoms with E-state index in [1.807, 2.05) is 0 Å². The van der Waals surface area contributed by atoms with Crippen molar-refractivity contribution in [3.05, 3.63) is 0 Å². The Balaban J connectivity index is 1.59. The van der Waals surface area contributed by atoms with Crippen LogP contribution in [0.5, 0.6) is 0 Å². The minimum absolute atomic E-state index is 0.382. The van der Waals surface area contributed by atoms with Gasteiger partial charge in [-0.2, -0.15) is 0 Å². The summed E-state index contributed by atoms with van der Waals surface area (Å²) >= 11 is 0. The Bertz CT molecular complexity index is 319. The number of hydrogen-bond donors (Lipinski definition) is 0. The highest BCUT2D eigenvalue weighted by molar-refractivity contribution is 5.79. The molecule has 2 bridgehead atoms. The number of carbonyl (C=O) groups is 1. The highest BCUT2D eigenvalue weighted by Crippen LogP contribution is 2.49. The summed E-state index contributed by atoms with van der Waals surface area (Å²) in [7, 11) is 2.06. The molecule has 2 heteroatoms. The van der Waals surface area contributed by atoms with Gasteiger partial charge >= 0.3 is 0 Å². The Hall–Kier alpha value is -0.530. The molecule has 3 aliphatic rings. The molecule has 0 spiro atoms.